The molecule has 1 fully saturated rings. The predicted molar refractivity (Wildman–Crippen MR) is 118 cm³/mol. The topological polar surface area (TPSA) is 156 Å². The monoisotopic (exact) mass is 467 g/mol. The lowest BCUT2D eigenvalue weighted by molar-refractivity contribution is -0.120. The van der Waals surface area contributed by atoms with Gasteiger partial charge in [0.05, 0.1) is 17.0 Å². The molecule has 5 rings (SSSR count). The lowest BCUT2D eigenvalue weighted by Crippen LogP contribution is -2.52. The van der Waals surface area contributed by atoms with Crippen molar-refractivity contribution < 1.29 is 19.2 Å². The third-order valence-corrected chi connectivity index (χ3v) is 6.04. The number of carboxylic acids is 1. The number of nitrogens with one attached hydrogen (secondary N) is 1. The summed E-state index contributed by atoms with van der Waals surface area (Å²) in [4.78, 5) is 47.6. The van der Waals surface area contributed by atoms with Gasteiger partial charge in [-0.1, -0.05) is 5.16 Å². The molecule has 0 radical (unpaired) electrons. The van der Waals surface area contributed by atoms with Crippen molar-refractivity contribution in [2.24, 2.45) is 5.92 Å². The molecule has 0 saturated carbocycles. The molecule has 13 heteroatoms. The maximum atomic E-state index is 12.8. The summed E-state index contributed by atoms with van der Waals surface area (Å²) in [7, 11) is 0. The fourth-order valence-corrected chi connectivity index (χ4v) is 4.20. The Morgan fingerprint density at radius 1 is 1.27 bits per heavy atom. The van der Waals surface area contributed by atoms with E-state index < -0.39 is 11.4 Å². The van der Waals surface area contributed by atoms with Crippen LogP contribution in [0.25, 0.3) is 16.2 Å². The van der Waals surface area contributed by atoms with E-state index in [1.807, 2.05) is 4.90 Å². The summed E-state index contributed by atoms with van der Waals surface area (Å²) in [6.07, 6.45) is 2.56. The molecule has 0 aromatic carbocycles. The van der Waals surface area contributed by atoms with Crippen LogP contribution in [0.3, 0.4) is 0 Å². The maximum absolute atomic E-state index is 12.8. The van der Waals surface area contributed by atoms with Crippen LogP contribution in [0.5, 0.6) is 0 Å². The van der Waals surface area contributed by atoms with Gasteiger partial charge in [0.25, 0.3) is 0 Å². The zero-order valence-corrected chi connectivity index (χ0v) is 18.3. The summed E-state index contributed by atoms with van der Waals surface area (Å²) in [6.45, 7) is 4.33. The fourth-order valence-electron chi connectivity index (χ4n) is 3.69. The summed E-state index contributed by atoms with van der Waals surface area (Å²) < 4.78 is 10.5. The van der Waals surface area contributed by atoms with Crippen molar-refractivity contribution in [3.63, 3.8) is 0 Å². The van der Waals surface area contributed by atoms with Gasteiger partial charge in [-0.15, -0.1) is 0 Å². The van der Waals surface area contributed by atoms with Gasteiger partial charge in [-0.3, -0.25) is 19.5 Å². The molecular formula is C20H17N7O5S. The highest BCUT2D eigenvalue weighted by Crippen LogP contribution is 2.28. The summed E-state index contributed by atoms with van der Waals surface area (Å²) in [5.74, 6) is -0.918. The van der Waals surface area contributed by atoms with Crippen LogP contribution in [-0.2, 0) is 4.79 Å². The van der Waals surface area contributed by atoms with E-state index in [0.717, 1.165) is 11.5 Å². The van der Waals surface area contributed by atoms with Crippen LogP contribution in [0.1, 0.15) is 21.6 Å². The number of aryl methyl sites for hydroxylation is 2. The highest BCUT2D eigenvalue weighted by Gasteiger charge is 2.34. The second-order valence-corrected chi connectivity index (χ2v) is 8.45. The van der Waals surface area contributed by atoms with E-state index in [2.05, 4.69) is 24.8 Å². The molecule has 1 amide bonds. The van der Waals surface area contributed by atoms with Crippen molar-refractivity contribution >= 4 is 46.1 Å². The minimum absolute atomic E-state index is 0.184. The average Bonchev–Trinajstić information content (AvgIpc) is 3.38. The summed E-state index contributed by atoms with van der Waals surface area (Å²) in [5, 5.41) is 16.5. The van der Waals surface area contributed by atoms with Gasteiger partial charge in [0, 0.05) is 36.9 Å². The Morgan fingerprint density at radius 2 is 2.06 bits per heavy atom. The quantitative estimate of drug-likeness (QED) is 0.442. The SMILES string of the molecule is Cc1cc(NC(=O)C2CN(c3cc(C)c4c(=O)c(C(=O)O)cn(-c5ncns5)c4n3)C2)on1. The van der Waals surface area contributed by atoms with E-state index in [4.69, 9.17) is 4.52 Å². The number of aromatic carboxylic acids is 1. The van der Waals surface area contributed by atoms with Gasteiger partial charge < -0.3 is 14.5 Å². The first kappa shape index (κ1) is 20.8. The maximum Gasteiger partial charge on any atom is 0.341 e. The van der Waals surface area contributed by atoms with Crippen LogP contribution in [0.4, 0.5) is 11.7 Å². The number of hydrogen-bond donors (Lipinski definition) is 2. The first-order valence-electron chi connectivity index (χ1n) is 9.88. The Hall–Kier alpha value is -4.13. The third-order valence-electron chi connectivity index (χ3n) is 5.38. The summed E-state index contributed by atoms with van der Waals surface area (Å²) in [5.41, 5.74) is 0.536. The average molecular weight is 467 g/mol. The predicted octanol–water partition coefficient (Wildman–Crippen LogP) is 1.62. The summed E-state index contributed by atoms with van der Waals surface area (Å²) in [6, 6.07) is 3.36. The highest BCUT2D eigenvalue weighted by atomic mass is 32.1. The molecule has 0 spiro atoms. The lowest BCUT2D eigenvalue weighted by Gasteiger charge is -2.39. The lowest BCUT2D eigenvalue weighted by atomic mass is 9.98. The smallest absolute Gasteiger partial charge is 0.341 e. The number of carbonyl (C=O) groups excluding carboxylic acids is 1. The zero-order valence-electron chi connectivity index (χ0n) is 17.5. The molecule has 0 bridgehead atoms. The molecule has 1 aliphatic rings. The van der Waals surface area contributed by atoms with Gasteiger partial charge >= 0.3 is 5.97 Å². The Balaban J connectivity index is 1.48. The number of carboxylic acid groups (broad SMARTS) is 1. The van der Waals surface area contributed by atoms with Crippen molar-refractivity contribution in [3.8, 4) is 5.13 Å². The van der Waals surface area contributed by atoms with Gasteiger partial charge in [0.2, 0.25) is 22.4 Å². The molecule has 1 saturated heterocycles. The molecule has 0 unspecified atom stereocenters. The van der Waals surface area contributed by atoms with E-state index in [9.17, 15) is 19.5 Å². The van der Waals surface area contributed by atoms with Crippen LogP contribution >= 0.6 is 11.5 Å². The molecule has 168 valence electrons. The van der Waals surface area contributed by atoms with Crippen molar-refractivity contribution in [1.82, 2.24) is 24.1 Å². The fraction of sp³-hybridized carbons (Fsp3) is 0.250. The molecule has 12 nitrogen and oxygen atoms in total. The van der Waals surface area contributed by atoms with E-state index in [-0.39, 0.29) is 28.4 Å². The van der Waals surface area contributed by atoms with Crippen LogP contribution in [0, 0.1) is 19.8 Å². The summed E-state index contributed by atoms with van der Waals surface area (Å²) >= 11 is 1.05. The Bertz CT molecular complexity index is 1450. The molecule has 0 aliphatic carbocycles. The molecule has 2 N–H and O–H groups in total. The number of pyridine rings is 2. The van der Waals surface area contributed by atoms with Gasteiger partial charge in [-0.25, -0.2) is 14.8 Å². The normalized spacial score (nSPS) is 13.8. The molecule has 0 atom stereocenters. The van der Waals surface area contributed by atoms with Crippen LogP contribution in [0.2, 0.25) is 0 Å². The highest BCUT2D eigenvalue weighted by molar-refractivity contribution is 7.08. The van der Waals surface area contributed by atoms with Gasteiger partial charge in [0.1, 0.15) is 17.7 Å². The van der Waals surface area contributed by atoms with E-state index in [0.29, 0.717) is 41.2 Å². The molecule has 1 aliphatic heterocycles. The Labute approximate surface area is 189 Å². The minimum atomic E-state index is -1.33. The van der Waals surface area contributed by atoms with Gasteiger partial charge in [-0.05, 0) is 25.5 Å². The van der Waals surface area contributed by atoms with Crippen molar-refractivity contribution in [2.75, 3.05) is 23.3 Å². The number of hydrogen-bond acceptors (Lipinski definition) is 10. The van der Waals surface area contributed by atoms with E-state index in [1.54, 1.807) is 26.0 Å². The number of fused-ring (bicyclic) bond motifs is 1. The molecular weight excluding hydrogens is 450 g/mol. The van der Waals surface area contributed by atoms with Crippen molar-refractivity contribution in [1.29, 1.82) is 0 Å². The number of aromatic nitrogens is 5. The van der Waals surface area contributed by atoms with E-state index in [1.165, 1.54) is 17.1 Å². The molecule has 4 aromatic rings. The number of nitrogens with zero attached hydrogens (tertiary/aromatic N) is 6. The first-order valence-corrected chi connectivity index (χ1v) is 10.7. The zero-order chi connectivity index (χ0) is 23.3. The van der Waals surface area contributed by atoms with Crippen molar-refractivity contribution in [2.45, 2.75) is 13.8 Å². The number of carbonyl (C=O) groups is 2. The van der Waals surface area contributed by atoms with Crippen LogP contribution < -0.4 is 15.6 Å². The van der Waals surface area contributed by atoms with Crippen LogP contribution in [0.15, 0.2) is 34.0 Å². The molecule has 33 heavy (non-hydrogen) atoms. The minimum Gasteiger partial charge on any atom is -0.477 e. The Morgan fingerprint density at radius 3 is 2.70 bits per heavy atom. The molecule has 5 heterocycles. The number of anilines is 2. The third kappa shape index (κ3) is 3.61. The largest absolute Gasteiger partial charge is 0.477 e. The van der Waals surface area contributed by atoms with Crippen molar-refractivity contribution in [3.05, 3.63) is 51.7 Å². The molecule has 4 aromatic heterocycles. The van der Waals surface area contributed by atoms with E-state index >= 15 is 0 Å². The Kier molecular flexibility index (Phi) is 4.89. The van der Waals surface area contributed by atoms with Gasteiger partial charge in [0.15, 0.2) is 5.65 Å². The number of rotatable bonds is 5. The second-order valence-electron chi connectivity index (χ2n) is 7.69. The standard InChI is InChI=1S/C20H17N7O5S/c1-9-3-13(26-5-11(6-26)18(29)24-14-4-10(2)25-32-14)23-17-15(9)16(28)12(19(30)31)7-27(17)20-21-8-22-33-20/h3-4,7-8,11H,5-6H2,1-2H3,(H,24,29)(H,30,31). The van der Waals surface area contributed by atoms with Gasteiger partial charge in [-0.2, -0.15) is 4.37 Å². The second kappa shape index (κ2) is 7.78. The van der Waals surface area contributed by atoms with Crippen LogP contribution in [-0.4, -0.2) is 54.1 Å². The first-order chi connectivity index (χ1) is 15.8. The number of amides is 1.